The number of nitrogens with two attached hydrogens (primary N) is 1. The molecular formula is C17H26N4. The van der Waals surface area contributed by atoms with E-state index in [4.69, 9.17) is 10.7 Å². The number of nitrogens with zero attached hydrogens (tertiary/aromatic N) is 3. The van der Waals surface area contributed by atoms with Crippen LogP contribution in [0.5, 0.6) is 0 Å². The fourth-order valence-electron chi connectivity index (χ4n) is 3.32. The van der Waals surface area contributed by atoms with Crippen molar-refractivity contribution in [2.24, 2.45) is 10.7 Å². The standard InChI is InChI=1S/C17H26N4/c1-14-5-4-8-16(13-14)20-9-11-21(12-10-20)17(18)19-15-6-2-3-7-15/h4-5,8,13,15H,2-3,6-7,9-12H2,1H3,(H2,18,19). The lowest BCUT2D eigenvalue weighted by atomic mass is 10.2. The van der Waals surface area contributed by atoms with Crippen LogP contribution in [0.3, 0.4) is 0 Å². The van der Waals surface area contributed by atoms with Crippen molar-refractivity contribution < 1.29 is 0 Å². The van der Waals surface area contributed by atoms with E-state index >= 15 is 0 Å². The Hall–Kier alpha value is -1.71. The Bertz CT molecular complexity index is 497. The van der Waals surface area contributed by atoms with E-state index in [9.17, 15) is 0 Å². The van der Waals surface area contributed by atoms with Gasteiger partial charge in [0, 0.05) is 31.9 Å². The van der Waals surface area contributed by atoms with Gasteiger partial charge in [-0.15, -0.1) is 0 Å². The van der Waals surface area contributed by atoms with Gasteiger partial charge >= 0.3 is 0 Å². The van der Waals surface area contributed by atoms with E-state index in [1.165, 1.54) is 36.9 Å². The molecule has 1 aromatic carbocycles. The molecule has 2 fully saturated rings. The quantitative estimate of drug-likeness (QED) is 0.670. The number of benzene rings is 1. The van der Waals surface area contributed by atoms with Gasteiger partial charge in [0.1, 0.15) is 0 Å². The Morgan fingerprint density at radius 1 is 1.14 bits per heavy atom. The van der Waals surface area contributed by atoms with Gasteiger partial charge in [0.05, 0.1) is 6.04 Å². The predicted octanol–water partition coefficient (Wildman–Crippen LogP) is 2.37. The summed E-state index contributed by atoms with van der Waals surface area (Å²) in [6, 6.07) is 9.20. The lowest BCUT2D eigenvalue weighted by Crippen LogP contribution is -2.51. The summed E-state index contributed by atoms with van der Waals surface area (Å²) in [5.74, 6) is 0.755. The van der Waals surface area contributed by atoms with Gasteiger partial charge in [-0.2, -0.15) is 0 Å². The van der Waals surface area contributed by atoms with E-state index < -0.39 is 0 Å². The molecule has 0 amide bonds. The van der Waals surface area contributed by atoms with Crippen LogP contribution in [-0.2, 0) is 0 Å². The molecule has 21 heavy (non-hydrogen) atoms. The minimum Gasteiger partial charge on any atom is -0.370 e. The van der Waals surface area contributed by atoms with Gasteiger partial charge in [0.2, 0.25) is 0 Å². The summed E-state index contributed by atoms with van der Waals surface area (Å²) < 4.78 is 0. The van der Waals surface area contributed by atoms with Gasteiger partial charge in [-0.1, -0.05) is 25.0 Å². The maximum Gasteiger partial charge on any atom is 0.191 e. The first-order valence-corrected chi connectivity index (χ1v) is 8.12. The monoisotopic (exact) mass is 286 g/mol. The minimum atomic E-state index is 0.472. The van der Waals surface area contributed by atoms with Crippen LogP contribution in [0.2, 0.25) is 0 Å². The van der Waals surface area contributed by atoms with E-state index in [0.29, 0.717) is 6.04 Å². The van der Waals surface area contributed by atoms with Crippen LogP contribution in [-0.4, -0.2) is 43.1 Å². The van der Waals surface area contributed by atoms with Crippen molar-refractivity contribution in [3.63, 3.8) is 0 Å². The van der Waals surface area contributed by atoms with Crippen molar-refractivity contribution in [1.82, 2.24) is 4.90 Å². The number of hydrogen-bond acceptors (Lipinski definition) is 2. The van der Waals surface area contributed by atoms with Crippen LogP contribution in [0.15, 0.2) is 29.3 Å². The molecule has 0 atom stereocenters. The summed E-state index contributed by atoms with van der Waals surface area (Å²) in [6.45, 7) is 6.12. The number of hydrogen-bond donors (Lipinski definition) is 1. The molecule has 4 nitrogen and oxygen atoms in total. The second kappa shape index (κ2) is 6.37. The Kier molecular flexibility index (Phi) is 4.32. The third-order valence-corrected chi connectivity index (χ3v) is 4.61. The number of aryl methyl sites for hydroxylation is 1. The Labute approximate surface area is 127 Å². The van der Waals surface area contributed by atoms with Crippen molar-refractivity contribution in [1.29, 1.82) is 0 Å². The SMILES string of the molecule is Cc1cccc(N2CCN(C(N)=NC3CCCC3)CC2)c1. The van der Waals surface area contributed by atoms with E-state index in [1.54, 1.807) is 0 Å². The highest BCUT2D eigenvalue weighted by molar-refractivity contribution is 5.78. The average Bonchev–Trinajstić information content (AvgIpc) is 3.00. The predicted molar refractivity (Wildman–Crippen MR) is 88.8 cm³/mol. The lowest BCUT2D eigenvalue weighted by Gasteiger charge is -2.37. The lowest BCUT2D eigenvalue weighted by molar-refractivity contribution is 0.379. The molecule has 1 aromatic rings. The van der Waals surface area contributed by atoms with Crippen LogP contribution >= 0.6 is 0 Å². The first kappa shape index (κ1) is 14.2. The molecule has 1 heterocycles. The molecule has 2 aliphatic rings. The molecule has 0 bridgehead atoms. The average molecular weight is 286 g/mol. The highest BCUT2D eigenvalue weighted by Gasteiger charge is 2.20. The number of aliphatic imine (C=N–C) groups is 1. The molecule has 4 heteroatoms. The molecule has 2 N–H and O–H groups in total. The second-order valence-corrected chi connectivity index (χ2v) is 6.24. The Morgan fingerprint density at radius 2 is 1.86 bits per heavy atom. The molecule has 0 aromatic heterocycles. The molecular weight excluding hydrogens is 260 g/mol. The molecule has 1 aliphatic heterocycles. The van der Waals surface area contributed by atoms with Gasteiger partial charge in [-0.05, 0) is 37.5 Å². The van der Waals surface area contributed by atoms with Gasteiger partial charge < -0.3 is 15.5 Å². The summed E-state index contributed by atoms with van der Waals surface area (Å²) in [5.41, 5.74) is 8.83. The second-order valence-electron chi connectivity index (χ2n) is 6.24. The number of rotatable bonds is 2. The fraction of sp³-hybridized carbons (Fsp3) is 0.588. The maximum atomic E-state index is 6.19. The van der Waals surface area contributed by atoms with Crippen LogP contribution in [0.1, 0.15) is 31.2 Å². The number of piperazine rings is 1. The van der Waals surface area contributed by atoms with Gasteiger partial charge in [0.25, 0.3) is 0 Å². The van der Waals surface area contributed by atoms with Gasteiger partial charge in [-0.3, -0.25) is 0 Å². The summed E-state index contributed by atoms with van der Waals surface area (Å²) in [7, 11) is 0. The number of guanidine groups is 1. The Balaban J connectivity index is 1.57. The fourth-order valence-corrected chi connectivity index (χ4v) is 3.32. The van der Waals surface area contributed by atoms with Crippen molar-refractivity contribution in [3.8, 4) is 0 Å². The number of anilines is 1. The highest BCUT2D eigenvalue weighted by Crippen LogP contribution is 2.21. The third-order valence-electron chi connectivity index (χ3n) is 4.61. The molecule has 3 rings (SSSR count). The molecule has 114 valence electrons. The van der Waals surface area contributed by atoms with E-state index in [2.05, 4.69) is 41.0 Å². The Morgan fingerprint density at radius 3 is 2.52 bits per heavy atom. The molecule has 0 radical (unpaired) electrons. The van der Waals surface area contributed by atoms with Crippen LogP contribution in [0.4, 0.5) is 5.69 Å². The zero-order valence-corrected chi connectivity index (χ0v) is 13.0. The summed E-state index contributed by atoms with van der Waals surface area (Å²) in [4.78, 5) is 9.39. The van der Waals surface area contributed by atoms with Crippen molar-refractivity contribution in [2.75, 3.05) is 31.1 Å². The van der Waals surface area contributed by atoms with Gasteiger partial charge in [-0.25, -0.2) is 4.99 Å². The van der Waals surface area contributed by atoms with E-state index in [0.717, 1.165) is 32.1 Å². The normalized spacial score (nSPS) is 21.1. The van der Waals surface area contributed by atoms with E-state index in [-0.39, 0.29) is 0 Å². The molecule has 1 saturated heterocycles. The smallest absolute Gasteiger partial charge is 0.191 e. The van der Waals surface area contributed by atoms with Crippen molar-refractivity contribution in [2.45, 2.75) is 38.6 Å². The van der Waals surface area contributed by atoms with Crippen molar-refractivity contribution >= 4 is 11.6 Å². The molecule has 0 unspecified atom stereocenters. The zero-order valence-electron chi connectivity index (χ0n) is 13.0. The highest BCUT2D eigenvalue weighted by atomic mass is 15.3. The van der Waals surface area contributed by atoms with E-state index in [1.807, 2.05) is 0 Å². The first-order valence-electron chi connectivity index (χ1n) is 8.12. The summed E-state index contributed by atoms with van der Waals surface area (Å²) >= 11 is 0. The van der Waals surface area contributed by atoms with Gasteiger partial charge in [0.15, 0.2) is 5.96 Å². The zero-order chi connectivity index (χ0) is 14.7. The minimum absolute atomic E-state index is 0.472. The third kappa shape index (κ3) is 3.49. The van der Waals surface area contributed by atoms with Crippen molar-refractivity contribution in [3.05, 3.63) is 29.8 Å². The summed E-state index contributed by atoms with van der Waals surface area (Å²) in [6.07, 6.45) is 5.04. The maximum absolute atomic E-state index is 6.19. The molecule has 0 spiro atoms. The molecule has 1 saturated carbocycles. The largest absolute Gasteiger partial charge is 0.370 e. The van der Waals surface area contributed by atoms with Crippen LogP contribution in [0, 0.1) is 6.92 Å². The summed E-state index contributed by atoms with van der Waals surface area (Å²) in [5, 5.41) is 0. The topological polar surface area (TPSA) is 44.9 Å². The van der Waals surface area contributed by atoms with Crippen LogP contribution in [0.25, 0.3) is 0 Å². The molecule has 1 aliphatic carbocycles. The first-order chi connectivity index (χ1) is 10.2. The van der Waals surface area contributed by atoms with Crippen LogP contribution < -0.4 is 10.6 Å².